The van der Waals surface area contributed by atoms with Gasteiger partial charge < -0.3 is 21.3 Å². The Morgan fingerprint density at radius 1 is 1.06 bits per heavy atom. The predicted octanol–water partition coefficient (Wildman–Crippen LogP) is 2.63. The highest BCUT2D eigenvalue weighted by molar-refractivity contribution is 6.34. The van der Waals surface area contributed by atoms with Crippen molar-refractivity contribution >= 4 is 35.1 Å². The lowest BCUT2D eigenvalue weighted by molar-refractivity contribution is 0.0924. The predicted molar refractivity (Wildman–Crippen MR) is 132 cm³/mol. The van der Waals surface area contributed by atoms with E-state index in [0.29, 0.717) is 12.2 Å². The maximum Gasteiger partial charge on any atom is 0.272 e. The van der Waals surface area contributed by atoms with Crippen molar-refractivity contribution < 1.29 is 18.8 Å². The number of carbonyl (C=O) groups excluding carboxylic acids is 3. The van der Waals surface area contributed by atoms with Gasteiger partial charge in [-0.05, 0) is 56.3 Å². The first kappa shape index (κ1) is 25.3. The first-order valence-electron chi connectivity index (χ1n) is 11.4. The van der Waals surface area contributed by atoms with Gasteiger partial charge in [-0.25, -0.2) is 14.4 Å². The molecular weight excluding hydrogens is 489 g/mol. The number of nitrogens with two attached hydrogens (primary N) is 1. The van der Waals surface area contributed by atoms with E-state index in [4.69, 9.17) is 17.3 Å². The molecule has 2 aromatic heterocycles. The van der Waals surface area contributed by atoms with Crippen LogP contribution in [0.2, 0.25) is 5.02 Å². The number of rotatable bonds is 8. The lowest BCUT2D eigenvalue weighted by atomic mass is 10.1. The smallest absolute Gasteiger partial charge is 0.272 e. The number of nitrogens with zero attached hydrogens (tertiary/aromatic N) is 4. The van der Waals surface area contributed by atoms with Gasteiger partial charge in [-0.1, -0.05) is 18.0 Å². The van der Waals surface area contributed by atoms with Gasteiger partial charge in [0.1, 0.15) is 23.7 Å². The van der Waals surface area contributed by atoms with Crippen molar-refractivity contribution in [1.82, 2.24) is 24.8 Å². The number of likely N-dealkylation sites (tertiary alicyclic amines) is 1. The van der Waals surface area contributed by atoms with Crippen molar-refractivity contribution in [1.29, 1.82) is 0 Å². The number of piperidine rings is 1. The van der Waals surface area contributed by atoms with E-state index >= 15 is 0 Å². The Morgan fingerprint density at radius 3 is 2.50 bits per heavy atom. The SMILES string of the molecule is NC(=O)c1c(C(=O)NCCN2CCCCC2)ncn1-c1ccc(NC(=O)c2ccc(F)cc2Cl)nc1. The first-order chi connectivity index (χ1) is 17.3. The zero-order valence-electron chi connectivity index (χ0n) is 19.3. The monoisotopic (exact) mass is 513 g/mol. The van der Waals surface area contributed by atoms with Crippen LogP contribution in [-0.2, 0) is 0 Å². The number of halogens is 2. The summed E-state index contributed by atoms with van der Waals surface area (Å²) in [7, 11) is 0. The number of benzene rings is 1. The van der Waals surface area contributed by atoms with E-state index in [1.165, 1.54) is 35.6 Å². The van der Waals surface area contributed by atoms with Gasteiger partial charge in [-0.15, -0.1) is 0 Å². The summed E-state index contributed by atoms with van der Waals surface area (Å²) in [5, 5.41) is 5.33. The molecule has 1 aromatic carbocycles. The largest absolute Gasteiger partial charge is 0.364 e. The lowest BCUT2D eigenvalue weighted by Crippen LogP contribution is -2.38. The van der Waals surface area contributed by atoms with Crippen LogP contribution in [-0.4, -0.2) is 63.3 Å². The second-order valence-electron chi connectivity index (χ2n) is 8.31. The molecule has 188 valence electrons. The molecule has 0 bridgehead atoms. The number of aromatic nitrogens is 3. The van der Waals surface area contributed by atoms with Gasteiger partial charge in [-0.3, -0.25) is 19.0 Å². The average molecular weight is 514 g/mol. The van der Waals surface area contributed by atoms with Crippen LogP contribution in [0.1, 0.15) is 50.6 Å². The van der Waals surface area contributed by atoms with Gasteiger partial charge in [-0.2, -0.15) is 0 Å². The minimum atomic E-state index is -0.822. The van der Waals surface area contributed by atoms with Gasteiger partial charge in [0, 0.05) is 13.1 Å². The molecule has 1 aliphatic rings. The van der Waals surface area contributed by atoms with Gasteiger partial charge in [0.25, 0.3) is 17.7 Å². The molecule has 0 unspecified atom stereocenters. The van der Waals surface area contributed by atoms with Crippen LogP contribution in [0.15, 0.2) is 42.9 Å². The Balaban J connectivity index is 1.44. The molecule has 0 radical (unpaired) electrons. The van der Waals surface area contributed by atoms with Gasteiger partial charge in [0.15, 0.2) is 5.69 Å². The van der Waals surface area contributed by atoms with Crippen molar-refractivity contribution in [3.05, 3.63) is 70.6 Å². The summed E-state index contributed by atoms with van der Waals surface area (Å²) in [4.78, 5) is 47.9. The molecule has 4 N–H and O–H groups in total. The van der Waals surface area contributed by atoms with Crippen LogP contribution < -0.4 is 16.4 Å². The zero-order chi connectivity index (χ0) is 25.7. The van der Waals surface area contributed by atoms with Gasteiger partial charge in [0.2, 0.25) is 0 Å². The van der Waals surface area contributed by atoms with Crippen LogP contribution in [0.25, 0.3) is 5.69 Å². The molecule has 0 saturated carbocycles. The molecule has 3 heterocycles. The number of carbonyl (C=O) groups is 3. The second kappa shape index (κ2) is 11.3. The van der Waals surface area contributed by atoms with Gasteiger partial charge in [0.05, 0.1) is 22.5 Å². The Labute approximate surface area is 211 Å². The van der Waals surface area contributed by atoms with E-state index in [2.05, 4.69) is 25.5 Å². The van der Waals surface area contributed by atoms with Crippen molar-refractivity contribution in [2.45, 2.75) is 19.3 Å². The average Bonchev–Trinajstić information content (AvgIpc) is 3.31. The molecule has 3 aromatic rings. The lowest BCUT2D eigenvalue weighted by Gasteiger charge is -2.26. The highest BCUT2D eigenvalue weighted by Gasteiger charge is 2.23. The van der Waals surface area contributed by atoms with E-state index < -0.39 is 23.5 Å². The third-order valence-corrected chi connectivity index (χ3v) is 6.13. The number of amides is 3. The Bertz CT molecular complexity index is 1270. The number of imidazole rings is 1. The fourth-order valence-electron chi connectivity index (χ4n) is 4.00. The Kier molecular flexibility index (Phi) is 7.91. The number of primary amides is 1. The summed E-state index contributed by atoms with van der Waals surface area (Å²) in [6, 6.07) is 6.50. The maximum absolute atomic E-state index is 13.2. The molecular formula is C24H25ClFN7O3. The van der Waals surface area contributed by atoms with Crippen LogP contribution >= 0.6 is 11.6 Å². The number of pyridine rings is 1. The molecule has 1 aliphatic heterocycles. The van der Waals surface area contributed by atoms with E-state index in [1.807, 2.05) is 0 Å². The minimum absolute atomic E-state index is 0.0321. The number of anilines is 1. The standard InChI is InChI=1S/C24H25ClFN7O3/c25-18-12-15(26)4-6-17(18)23(35)31-19-7-5-16(13-29-19)33-14-30-20(21(33)22(27)34)24(36)28-8-11-32-9-2-1-3-10-32/h4-7,12-14H,1-3,8-11H2,(H2,27,34)(H,28,36)(H,29,31,35). The molecule has 0 spiro atoms. The first-order valence-corrected chi connectivity index (χ1v) is 11.8. The van der Waals surface area contributed by atoms with E-state index in [9.17, 15) is 18.8 Å². The van der Waals surface area contributed by atoms with E-state index in [1.54, 1.807) is 6.07 Å². The summed E-state index contributed by atoms with van der Waals surface area (Å²) in [5.41, 5.74) is 5.89. The highest BCUT2D eigenvalue weighted by atomic mass is 35.5. The molecule has 3 amide bonds. The van der Waals surface area contributed by atoms with E-state index in [0.717, 1.165) is 44.6 Å². The fraction of sp³-hybridized carbons (Fsp3) is 0.292. The van der Waals surface area contributed by atoms with Crippen molar-refractivity contribution in [2.24, 2.45) is 5.73 Å². The van der Waals surface area contributed by atoms with Crippen LogP contribution in [0.5, 0.6) is 0 Å². The number of nitrogens with one attached hydrogen (secondary N) is 2. The van der Waals surface area contributed by atoms with Crippen molar-refractivity contribution in [3.63, 3.8) is 0 Å². The molecule has 4 rings (SSSR count). The third-order valence-electron chi connectivity index (χ3n) is 5.82. The maximum atomic E-state index is 13.2. The van der Waals surface area contributed by atoms with Gasteiger partial charge >= 0.3 is 0 Å². The zero-order valence-corrected chi connectivity index (χ0v) is 20.1. The second-order valence-corrected chi connectivity index (χ2v) is 8.72. The summed E-state index contributed by atoms with van der Waals surface area (Å²) in [5.74, 6) is -2.24. The highest BCUT2D eigenvalue weighted by Crippen LogP contribution is 2.20. The summed E-state index contributed by atoms with van der Waals surface area (Å²) < 4.78 is 14.6. The third kappa shape index (κ3) is 5.86. The van der Waals surface area contributed by atoms with Crippen LogP contribution in [0.3, 0.4) is 0 Å². The minimum Gasteiger partial charge on any atom is -0.364 e. The van der Waals surface area contributed by atoms with Crippen molar-refractivity contribution in [3.8, 4) is 5.69 Å². The van der Waals surface area contributed by atoms with Crippen molar-refractivity contribution in [2.75, 3.05) is 31.5 Å². The number of hydrogen-bond donors (Lipinski definition) is 3. The number of hydrogen-bond acceptors (Lipinski definition) is 6. The Morgan fingerprint density at radius 2 is 1.83 bits per heavy atom. The quantitative estimate of drug-likeness (QED) is 0.424. The van der Waals surface area contributed by atoms with Crippen LogP contribution in [0.4, 0.5) is 10.2 Å². The molecule has 12 heteroatoms. The molecule has 1 fully saturated rings. The molecule has 1 saturated heterocycles. The molecule has 36 heavy (non-hydrogen) atoms. The summed E-state index contributed by atoms with van der Waals surface area (Å²) in [6.07, 6.45) is 6.23. The van der Waals surface area contributed by atoms with Crippen LogP contribution in [0, 0.1) is 5.82 Å². The molecule has 0 atom stereocenters. The molecule has 0 aliphatic carbocycles. The normalized spacial score (nSPS) is 13.8. The topological polar surface area (TPSA) is 135 Å². The fourth-order valence-corrected chi connectivity index (χ4v) is 4.25. The molecule has 10 nitrogen and oxygen atoms in total. The van der Waals surface area contributed by atoms with E-state index in [-0.39, 0.29) is 27.8 Å². The Hall–Kier alpha value is -3.83. The summed E-state index contributed by atoms with van der Waals surface area (Å²) in [6.45, 7) is 3.17. The summed E-state index contributed by atoms with van der Waals surface area (Å²) >= 11 is 5.93.